The highest BCUT2D eigenvalue weighted by Gasteiger charge is 2.14. The number of rotatable bonds is 4. The zero-order valence-electron chi connectivity index (χ0n) is 11.8. The van der Waals surface area contributed by atoms with Crippen LogP contribution in [0.25, 0.3) is 0 Å². The van der Waals surface area contributed by atoms with E-state index < -0.39 is 0 Å². The van der Waals surface area contributed by atoms with Crippen LogP contribution in [0.1, 0.15) is 34.7 Å². The predicted octanol–water partition coefficient (Wildman–Crippen LogP) is 3.82. The molecule has 1 aliphatic rings. The molecular weight excluding hydrogens is 249 g/mol. The lowest BCUT2D eigenvalue weighted by Crippen LogP contribution is -2.18. The molecule has 3 rings (SSSR count). The molecule has 1 N–H and O–H groups in total. The predicted molar refractivity (Wildman–Crippen MR) is 80.4 cm³/mol. The first kappa shape index (κ1) is 13.3. The van der Waals surface area contributed by atoms with Gasteiger partial charge in [0.05, 0.1) is 0 Å². The Balaban J connectivity index is 1.79. The number of likely N-dealkylation sites (N-methyl/N-ethyl adjacent to an activating group) is 1. The Labute approximate surface area is 119 Å². The molecule has 1 nitrogen and oxygen atoms in total. The Morgan fingerprint density at radius 3 is 2.55 bits per heavy atom. The van der Waals surface area contributed by atoms with Crippen molar-refractivity contribution in [3.05, 3.63) is 70.5 Å². The lowest BCUT2D eigenvalue weighted by Gasteiger charge is -2.17. The average Bonchev–Trinajstić information content (AvgIpc) is 2.93. The van der Waals surface area contributed by atoms with Crippen LogP contribution in [0.5, 0.6) is 0 Å². The van der Waals surface area contributed by atoms with E-state index in [4.69, 9.17) is 0 Å². The molecule has 1 atom stereocenters. The second kappa shape index (κ2) is 5.76. The van der Waals surface area contributed by atoms with E-state index in [1.165, 1.54) is 48.1 Å². The average molecular weight is 269 g/mol. The van der Waals surface area contributed by atoms with Gasteiger partial charge in [-0.25, -0.2) is 4.39 Å². The number of hydrogen-bond donors (Lipinski definition) is 1. The quantitative estimate of drug-likeness (QED) is 0.889. The molecule has 2 heteroatoms. The summed E-state index contributed by atoms with van der Waals surface area (Å²) in [4.78, 5) is 0. The van der Waals surface area contributed by atoms with Crippen molar-refractivity contribution >= 4 is 0 Å². The largest absolute Gasteiger partial charge is 0.313 e. The number of hydrogen-bond acceptors (Lipinski definition) is 1. The van der Waals surface area contributed by atoms with Crippen LogP contribution in [0, 0.1) is 5.82 Å². The molecule has 0 aliphatic heterocycles. The number of fused-ring (bicyclic) bond motifs is 1. The van der Waals surface area contributed by atoms with Gasteiger partial charge in [-0.2, -0.15) is 0 Å². The minimum atomic E-state index is -0.180. The molecule has 0 amide bonds. The van der Waals surface area contributed by atoms with Gasteiger partial charge in [-0.05, 0) is 67.1 Å². The second-order valence-electron chi connectivity index (χ2n) is 5.55. The number of nitrogens with one attached hydrogen (secondary N) is 1. The fourth-order valence-electron chi connectivity index (χ4n) is 3.07. The minimum absolute atomic E-state index is 0.180. The smallest absolute Gasteiger partial charge is 0.123 e. The van der Waals surface area contributed by atoms with Crippen molar-refractivity contribution in [3.63, 3.8) is 0 Å². The van der Waals surface area contributed by atoms with Crippen molar-refractivity contribution < 1.29 is 4.39 Å². The molecule has 104 valence electrons. The number of benzene rings is 2. The van der Waals surface area contributed by atoms with Crippen molar-refractivity contribution in [2.45, 2.75) is 31.7 Å². The Kier molecular flexibility index (Phi) is 3.83. The molecule has 2 aromatic rings. The van der Waals surface area contributed by atoms with Gasteiger partial charge in [-0.3, -0.25) is 0 Å². The zero-order chi connectivity index (χ0) is 13.9. The summed E-state index contributed by atoms with van der Waals surface area (Å²) >= 11 is 0. The first-order valence-corrected chi connectivity index (χ1v) is 7.29. The maximum absolute atomic E-state index is 13.0. The van der Waals surface area contributed by atoms with Crippen LogP contribution < -0.4 is 5.32 Å². The van der Waals surface area contributed by atoms with Gasteiger partial charge < -0.3 is 5.32 Å². The van der Waals surface area contributed by atoms with Crippen LogP contribution >= 0.6 is 0 Å². The van der Waals surface area contributed by atoms with Crippen LogP contribution in [0.2, 0.25) is 0 Å². The first-order chi connectivity index (χ1) is 9.76. The zero-order valence-corrected chi connectivity index (χ0v) is 11.8. The number of halogens is 1. The van der Waals surface area contributed by atoms with Crippen LogP contribution in [0.15, 0.2) is 42.5 Å². The molecule has 20 heavy (non-hydrogen) atoms. The Morgan fingerprint density at radius 1 is 1.05 bits per heavy atom. The van der Waals surface area contributed by atoms with Gasteiger partial charge in [0.25, 0.3) is 0 Å². The third-order valence-electron chi connectivity index (χ3n) is 4.22. The third kappa shape index (κ3) is 2.75. The maximum Gasteiger partial charge on any atom is 0.123 e. The monoisotopic (exact) mass is 269 g/mol. The summed E-state index contributed by atoms with van der Waals surface area (Å²) in [5, 5.41) is 3.33. The van der Waals surface area contributed by atoms with Gasteiger partial charge >= 0.3 is 0 Å². The second-order valence-corrected chi connectivity index (χ2v) is 5.55. The van der Waals surface area contributed by atoms with Gasteiger partial charge in [-0.15, -0.1) is 0 Å². The molecule has 0 spiro atoms. The molecule has 1 unspecified atom stereocenters. The van der Waals surface area contributed by atoms with Gasteiger partial charge in [0.2, 0.25) is 0 Å². The summed E-state index contributed by atoms with van der Waals surface area (Å²) in [7, 11) is 1.96. The fraction of sp³-hybridized carbons (Fsp3) is 0.333. The van der Waals surface area contributed by atoms with Crippen LogP contribution in [-0.2, 0) is 19.3 Å². The van der Waals surface area contributed by atoms with Gasteiger partial charge in [0.15, 0.2) is 0 Å². The standard InChI is InChI=1S/C18H20FN/c1-20-18(15-7-9-17(19)10-8-15)12-13-5-6-14-3-2-4-16(14)11-13/h5-11,18,20H,2-4,12H2,1H3. The molecule has 0 saturated heterocycles. The highest BCUT2D eigenvalue weighted by Crippen LogP contribution is 2.25. The molecule has 0 saturated carbocycles. The van der Waals surface area contributed by atoms with E-state index in [-0.39, 0.29) is 11.9 Å². The van der Waals surface area contributed by atoms with E-state index in [0.717, 1.165) is 12.0 Å². The van der Waals surface area contributed by atoms with Crippen molar-refractivity contribution in [2.24, 2.45) is 0 Å². The highest BCUT2D eigenvalue weighted by atomic mass is 19.1. The van der Waals surface area contributed by atoms with Crippen LogP contribution in [0.4, 0.5) is 4.39 Å². The van der Waals surface area contributed by atoms with Gasteiger partial charge in [-0.1, -0.05) is 30.3 Å². The van der Waals surface area contributed by atoms with E-state index in [9.17, 15) is 4.39 Å². The van der Waals surface area contributed by atoms with E-state index >= 15 is 0 Å². The van der Waals surface area contributed by atoms with Crippen LogP contribution in [0.3, 0.4) is 0 Å². The molecule has 0 heterocycles. The maximum atomic E-state index is 13.0. The van der Waals surface area contributed by atoms with E-state index in [2.05, 4.69) is 23.5 Å². The SMILES string of the molecule is CNC(Cc1ccc2c(c1)CCC2)c1ccc(F)cc1. The highest BCUT2D eigenvalue weighted by molar-refractivity contribution is 5.36. The van der Waals surface area contributed by atoms with Crippen molar-refractivity contribution in [2.75, 3.05) is 7.05 Å². The van der Waals surface area contributed by atoms with Gasteiger partial charge in [0, 0.05) is 6.04 Å². The van der Waals surface area contributed by atoms with Crippen molar-refractivity contribution in [1.29, 1.82) is 0 Å². The van der Waals surface area contributed by atoms with E-state index in [1.54, 1.807) is 0 Å². The lowest BCUT2D eigenvalue weighted by atomic mass is 9.96. The van der Waals surface area contributed by atoms with E-state index in [0.29, 0.717) is 0 Å². The number of aryl methyl sites for hydroxylation is 2. The van der Waals surface area contributed by atoms with E-state index in [1.807, 2.05) is 19.2 Å². The lowest BCUT2D eigenvalue weighted by molar-refractivity contribution is 0.585. The topological polar surface area (TPSA) is 12.0 Å². The molecule has 0 radical (unpaired) electrons. The summed E-state index contributed by atoms with van der Waals surface area (Å²) in [6.45, 7) is 0. The van der Waals surface area contributed by atoms with Crippen molar-refractivity contribution in [3.8, 4) is 0 Å². The Morgan fingerprint density at radius 2 is 1.80 bits per heavy atom. The summed E-state index contributed by atoms with van der Waals surface area (Å²) in [6.07, 6.45) is 4.66. The summed E-state index contributed by atoms with van der Waals surface area (Å²) in [5.41, 5.74) is 5.51. The molecule has 2 aromatic carbocycles. The molecule has 1 aliphatic carbocycles. The van der Waals surface area contributed by atoms with Gasteiger partial charge in [0.1, 0.15) is 5.82 Å². The summed E-state index contributed by atoms with van der Waals surface area (Å²) < 4.78 is 13.0. The third-order valence-corrected chi connectivity index (χ3v) is 4.22. The normalized spacial score (nSPS) is 15.1. The molecule has 0 aromatic heterocycles. The van der Waals surface area contributed by atoms with Crippen LogP contribution in [-0.4, -0.2) is 7.05 Å². The first-order valence-electron chi connectivity index (χ1n) is 7.29. The minimum Gasteiger partial charge on any atom is -0.313 e. The molecule has 0 fully saturated rings. The fourth-order valence-corrected chi connectivity index (χ4v) is 3.07. The Hall–Kier alpha value is -1.67. The molecule has 0 bridgehead atoms. The van der Waals surface area contributed by atoms with Crippen molar-refractivity contribution in [1.82, 2.24) is 5.32 Å². The summed E-state index contributed by atoms with van der Waals surface area (Å²) in [6, 6.07) is 13.9. The Bertz CT molecular complexity index is 589. The summed E-state index contributed by atoms with van der Waals surface area (Å²) in [5.74, 6) is -0.180. The molecular formula is C18H20FN.